The van der Waals surface area contributed by atoms with Gasteiger partial charge in [-0.05, 0) is 49.9 Å². The minimum absolute atomic E-state index is 0.257. The first-order valence-corrected chi connectivity index (χ1v) is 9.93. The number of aryl methyl sites for hydroxylation is 1. The summed E-state index contributed by atoms with van der Waals surface area (Å²) < 4.78 is 6.07. The van der Waals surface area contributed by atoms with Gasteiger partial charge in [-0.25, -0.2) is 0 Å². The van der Waals surface area contributed by atoms with Crippen LogP contribution in [0.3, 0.4) is 0 Å². The molecule has 3 aromatic heterocycles. The van der Waals surface area contributed by atoms with E-state index in [9.17, 15) is 4.79 Å². The Labute approximate surface area is 172 Å². The van der Waals surface area contributed by atoms with Crippen molar-refractivity contribution in [3.05, 3.63) is 59.1 Å². The van der Waals surface area contributed by atoms with Crippen LogP contribution >= 0.6 is 11.6 Å². The Morgan fingerprint density at radius 1 is 1.31 bits per heavy atom. The Bertz CT molecular complexity index is 1250. The number of carbonyl (C=O) groups excluding carboxylic acids is 1. The van der Waals surface area contributed by atoms with E-state index in [2.05, 4.69) is 20.3 Å². The number of halogens is 1. The van der Waals surface area contributed by atoms with Gasteiger partial charge in [-0.3, -0.25) is 14.8 Å². The van der Waals surface area contributed by atoms with Gasteiger partial charge in [-0.1, -0.05) is 11.6 Å². The Morgan fingerprint density at radius 2 is 2.17 bits per heavy atom. The SMILES string of the molecule is Cc1ncccc1C(=O)Nc1c(OCC2CC2)c(Cl)cc2c1[nH]c1cnccc12. The molecule has 146 valence electrons. The molecule has 1 aliphatic rings. The molecule has 3 heterocycles. The average molecular weight is 407 g/mol. The number of benzene rings is 1. The van der Waals surface area contributed by atoms with E-state index in [0.29, 0.717) is 40.2 Å². The lowest BCUT2D eigenvalue weighted by Crippen LogP contribution is -2.15. The molecule has 0 aliphatic heterocycles. The van der Waals surface area contributed by atoms with Gasteiger partial charge < -0.3 is 15.0 Å². The van der Waals surface area contributed by atoms with Crippen LogP contribution in [-0.4, -0.2) is 27.5 Å². The van der Waals surface area contributed by atoms with E-state index in [0.717, 1.165) is 34.6 Å². The number of nitrogens with one attached hydrogen (secondary N) is 2. The third-order valence-electron chi connectivity index (χ3n) is 5.26. The highest BCUT2D eigenvalue weighted by Gasteiger charge is 2.25. The van der Waals surface area contributed by atoms with Gasteiger partial charge in [0.15, 0.2) is 5.75 Å². The van der Waals surface area contributed by atoms with Gasteiger partial charge in [-0.2, -0.15) is 0 Å². The maximum absolute atomic E-state index is 13.0. The van der Waals surface area contributed by atoms with Crippen LogP contribution in [0, 0.1) is 12.8 Å². The molecule has 7 heteroatoms. The lowest BCUT2D eigenvalue weighted by atomic mass is 10.1. The number of aromatic amines is 1. The molecule has 29 heavy (non-hydrogen) atoms. The average Bonchev–Trinajstić information content (AvgIpc) is 3.47. The third-order valence-corrected chi connectivity index (χ3v) is 5.54. The van der Waals surface area contributed by atoms with Crippen molar-refractivity contribution in [3.63, 3.8) is 0 Å². The fraction of sp³-hybridized carbons (Fsp3) is 0.227. The van der Waals surface area contributed by atoms with Crippen LogP contribution in [0.2, 0.25) is 5.02 Å². The summed E-state index contributed by atoms with van der Waals surface area (Å²) in [4.78, 5) is 24.8. The van der Waals surface area contributed by atoms with E-state index in [1.807, 2.05) is 19.1 Å². The number of hydrogen-bond acceptors (Lipinski definition) is 4. The topological polar surface area (TPSA) is 79.9 Å². The molecule has 0 radical (unpaired) electrons. The number of fused-ring (bicyclic) bond motifs is 3. The van der Waals surface area contributed by atoms with Crippen molar-refractivity contribution < 1.29 is 9.53 Å². The summed E-state index contributed by atoms with van der Waals surface area (Å²) in [7, 11) is 0. The molecule has 0 spiro atoms. The van der Waals surface area contributed by atoms with E-state index in [4.69, 9.17) is 16.3 Å². The zero-order valence-electron chi connectivity index (χ0n) is 15.8. The number of anilines is 1. The van der Waals surface area contributed by atoms with Crippen molar-refractivity contribution >= 4 is 45.0 Å². The Hall–Kier alpha value is -3.12. The van der Waals surface area contributed by atoms with Crippen molar-refractivity contribution in [3.8, 4) is 5.75 Å². The highest BCUT2D eigenvalue weighted by atomic mass is 35.5. The van der Waals surface area contributed by atoms with Gasteiger partial charge in [0, 0.05) is 28.9 Å². The Kier molecular flexibility index (Phi) is 4.36. The number of pyridine rings is 2. The number of hydrogen-bond donors (Lipinski definition) is 2. The van der Waals surface area contributed by atoms with E-state index < -0.39 is 0 Å². The summed E-state index contributed by atoms with van der Waals surface area (Å²) in [5.74, 6) is 0.783. The number of amides is 1. The first-order chi connectivity index (χ1) is 14.1. The first-order valence-electron chi connectivity index (χ1n) is 9.55. The number of ether oxygens (including phenoxy) is 1. The molecule has 2 N–H and O–H groups in total. The van der Waals surface area contributed by atoms with Gasteiger partial charge in [0.25, 0.3) is 5.91 Å². The molecule has 0 bridgehead atoms. The van der Waals surface area contributed by atoms with Gasteiger partial charge in [-0.15, -0.1) is 0 Å². The summed E-state index contributed by atoms with van der Waals surface area (Å²) in [6.07, 6.45) is 7.48. The fourth-order valence-corrected chi connectivity index (χ4v) is 3.75. The van der Waals surface area contributed by atoms with Crippen LogP contribution < -0.4 is 10.1 Å². The molecular weight excluding hydrogens is 388 g/mol. The molecule has 6 nitrogen and oxygen atoms in total. The second-order valence-corrected chi connectivity index (χ2v) is 7.78. The van der Waals surface area contributed by atoms with E-state index in [1.165, 1.54) is 0 Å². The van der Waals surface area contributed by atoms with Crippen molar-refractivity contribution in [2.75, 3.05) is 11.9 Å². The second-order valence-electron chi connectivity index (χ2n) is 7.38. The summed E-state index contributed by atoms with van der Waals surface area (Å²) in [6, 6.07) is 7.29. The third kappa shape index (κ3) is 3.29. The maximum atomic E-state index is 13.0. The predicted molar refractivity (Wildman–Crippen MR) is 114 cm³/mol. The molecule has 4 aromatic rings. The smallest absolute Gasteiger partial charge is 0.257 e. The summed E-state index contributed by atoms with van der Waals surface area (Å²) in [6.45, 7) is 2.39. The van der Waals surface area contributed by atoms with Gasteiger partial charge >= 0.3 is 0 Å². The molecule has 1 aliphatic carbocycles. The predicted octanol–water partition coefficient (Wildman–Crippen LogP) is 5.11. The molecule has 5 rings (SSSR count). The van der Waals surface area contributed by atoms with Crippen LogP contribution in [0.25, 0.3) is 21.8 Å². The number of aromatic nitrogens is 3. The minimum Gasteiger partial charge on any atom is -0.489 e. The molecule has 1 saturated carbocycles. The molecule has 0 unspecified atom stereocenters. The van der Waals surface area contributed by atoms with Crippen LogP contribution in [0.1, 0.15) is 28.9 Å². The van der Waals surface area contributed by atoms with Crippen molar-refractivity contribution in [1.29, 1.82) is 0 Å². The number of nitrogens with zero attached hydrogens (tertiary/aromatic N) is 2. The Balaban J connectivity index is 1.66. The normalized spacial score (nSPS) is 13.7. The van der Waals surface area contributed by atoms with Crippen LogP contribution in [0.5, 0.6) is 5.75 Å². The minimum atomic E-state index is -0.257. The second kappa shape index (κ2) is 7.04. The van der Waals surface area contributed by atoms with E-state index in [1.54, 1.807) is 30.7 Å². The highest BCUT2D eigenvalue weighted by molar-refractivity contribution is 6.35. The van der Waals surface area contributed by atoms with E-state index >= 15 is 0 Å². The molecular formula is C22H19ClN4O2. The number of carbonyl (C=O) groups is 1. The highest BCUT2D eigenvalue weighted by Crippen LogP contribution is 2.43. The quantitative estimate of drug-likeness (QED) is 0.482. The maximum Gasteiger partial charge on any atom is 0.257 e. The van der Waals surface area contributed by atoms with Crippen molar-refractivity contribution in [2.45, 2.75) is 19.8 Å². The standard InChI is InChI=1S/C22H19ClN4O2/c1-12-14(3-2-7-25-12)22(28)27-20-19-16(15-6-8-24-10-18(15)26-19)9-17(23)21(20)29-11-13-4-5-13/h2-3,6-10,13,26H,4-5,11H2,1H3,(H,27,28). The lowest BCUT2D eigenvalue weighted by Gasteiger charge is -2.16. The fourth-order valence-electron chi connectivity index (χ4n) is 3.49. The number of H-pyrrole nitrogens is 1. The largest absolute Gasteiger partial charge is 0.489 e. The zero-order valence-corrected chi connectivity index (χ0v) is 16.6. The summed E-state index contributed by atoms with van der Waals surface area (Å²) in [5, 5.41) is 5.38. The monoisotopic (exact) mass is 406 g/mol. The van der Waals surface area contributed by atoms with Crippen molar-refractivity contribution in [2.24, 2.45) is 5.92 Å². The summed E-state index contributed by atoms with van der Waals surface area (Å²) in [5.41, 5.74) is 3.33. The zero-order chi connectivity index (χ0) is 20.0. The van der Waals surface area contributed by atoms with Gasteiger partial charge in [0.05, 0.1) is 34.4 Å². The van der Waals surface area contributed by atoms with Gasteiger partial charge in [0.1, 0.15) is 5.69 Å². The van der Waals surface area contributed by atoms with Crippen molar-refractivity contribution in [1.82, 2.24) is 15.0 Å². The molecule has 1 amide bonds. The Morgan fingerprint density at radius 3 is 2.97 bits per heavy atom. The van der Waals surface area contributed by atoms with Crippen LogP contribution in [0.4, 0.5) is 5.69 Å². The molecule has 1 aromatic carbocycles. The van der Waals surface area contributed by atoms with E-state index in [-0.39, 0.29) is 5.91 Å². The molecule has 1 fully saturated rings. The first kappa shape index (κ1) is 17.9. The molecule has 0 saturated heterocycles. The molecule has 0 atom stereocenters. The number of rotatable bonds is 5. The van der Waals surface area contributed by atoms with Crippen LogP contribution in [-0.2, 0) is 0 Å². The lowest BCUT2D eigenvalue weighted by molar-refractivity contribution is 0.102. The van der Waals surface area contributed by atoms with Crippen LogP contribution in [0.15, 0.2) is 42.9 Å². The van der Waals surface area contributed by atoms with Gasteiger partial charge in [0.2, 0.25) is 0 Å². The summed E-state index contributed by atoms with van der Waals surface area (Å²) >= 11 is 6.61.